The fraction of sp³-hybridized carbons (Fsp3) is 1.00. The lowest BCUT2D eigenvalue weighted by Gasteiger charge is -2.39. The Labute approximate surface area is 114 Å². The van der Waals surface area contributed by atoms with Crippen LogP contribution in [0, 0.1) is 11.8 Å². The Morgan fingerprint density at radius 2 is 1.67 bits per heavy atom. The number of nitrogens with one attached hydrogen (secondary N) is 1. The molecule has 0 aromatic rings. The molecule has 0 spiro atoms. The van der Waals surface area contributed by atoms with Crippen LogP contribution in [0.25, 0.3) is 0 Å². The smallest absolute Gasteiger partial charge is 0.0755 e. The third kappa shape index (κ3) is 4.24. The van der Waals surface area contributed by atoms with Gasteiger partial charge in [-0.3, -0.25) is 0 Å². The molecular weight excluding hydrogens is 222 g/mol. The Bertz CT molecular complexity index is 197. The van der Waals surface area contributed by atoms with Gasteiger partial charge in [-0.25, -0.2) is 0 Å². The van der Waals surface area contributed by atoms with Gasteiger partial charge in [0.2, 0.25) is 0 Å². The van der Waals surface area contributed by atoms with Crippen LogP contribution in [0.2, 0.25) is 0 Å². The zero-order valence-corrected chi connectivity index (χ0v) is 12.9. The highest BCUT2D eigenvalue weighted by atomic mass is 16.5. The van der Waals surface area contributed by atoms with E-state index in [0.29, 0.717) is 12.1 Å². The van der Waals surface area contributed by atoms with Crippen molar-refractivity contribution in [3.05, 3.63) is 0 Å². The third-order valence-corrected chi connectivity index (χ3v) is 4.74. The molecule has 0 saturated heterocycles. The minimum Gasteiger partial charge on any atom is -0.380 e. The average Bonchev–Trinajstić information content (AvgIpc) is 2.42. The fourth-order valence-electron chi connectivity index (χ4n) is 3.68. The van der Waals surface area contributed by atoms with Crippen molar-refractivity contribution in [3.8, 4) is 0 Å². The van der Waals surface area contributed by atoms with Gasteiger partial charge in [-0.2, -0.15) is 0 Å². The van der Waals surface area contributed by atoms with E-state index in [1.165, 1.54) is 44.9 Å². The highest BCUT2D eigenvalue weighted by Crippen LogP contribution is 2.32. The second-order valence-corrected chi connectivity index (χ2v) is 5.76. The van der Waals surface area contributed by atoms with E-state index in [9.17, 15) is 0 Å². The Hall–Kier alpha value is -0.0800. The number of rotatable bonds is 8. The normalized spacial score (nSPS) is 21.2. The van der Waals surface area contributed by atoms with Crippen LogP contribution < -0.4 is 5.32 Å². The maximum absolute atomic E-state index is 5.93. The monoisotopic (exact) mass is 255 g/mol. The lowest BCUT2D eigenvalue weighted by Crippen LogP contribution is -2.49. The molecule has 2 heteroatoms. The summed E-state index contributed by atoms with van der Waals surface area (Å²) >= 11 is 0. The number of hydrogen-bond acceptors (Lipinski definition) is 2. The SMILES string of the molecule is CCNC(C(CC)CC)C(OC)C1CCCCC1. The van der Waals surface area contributed by atoms with Crippen molar-refractivity contribution < 1.29 is 4.74 Å². The molecule has 2 nitrogen and oxygen atoms in total. The van der Waals surface area contributed by atoms with Gasteiger partial charge in [-0.15, -0.1) is 0 Å². The molecule has 2 unspecified atom stereocenters. The van der Waals surface area contributed by atoms with Crippen LogP contribution in [0.3, 0.4) is 0 Å². The van der Waals surface area contributed by atoms with Gasteiger partial charge in [-0.1, -0.05) is 52.9 Å². The van der Waals surface area contributed by atoms with Gasteiger partial charge in [0.05, 0.1) is 6.10 Å². The van der Waals surface area contributed by atoms with Crippen molar-refractivity contribution >= 4 is 0 Å². The van der Waals surface area contributed by atoms with E-state index in [1.54, 1.807) is 0 Å². The summed E-state index contributed by atoms with van der Waals surface area (Å²) in [5, 5.41) is 3.71. The quantitative estimate of drug-likeness (QED) is 0.708. The first-order valence-corrected chi connectivity index (χ1v) is 8.04. The Balaban J connectivity index is 2.71. The van der Waals surface area contributed by atoms with Crippen LogP contribution in [0.15, 0.2) is 0 Å². The highest BCUT2D eigenvalue weighted by Gasteiger charge is 2.33. The second-order valence-electron chi connectivity index (χ2n) is 5.76. The lowest BCUT2D eigenvalue weighted by atomic mass is 9.78. The molecule has 108 valence electrons. The number of likely N-dealkylation sites (N-methyl/N-ethyl adjacent to an activating group) is 1. The van der Waals surface area contributed by atoms with Gasteiger partial charge in [0.15, 0.2) is 0 Å². The van der Waals surface area contributed by atoms with Crippen LogP contribution >= 0.6 is 0 Å². The first kappa shape index (κ1) is 16.0. The Kier molecular flexibility index (Phi) is 7.92. The molecule has 0 heterocycles. The molecule has 0 aromatic carbocycles. The molecule has 18 heavy (non-hydrogen) atoms. The van der Waals surface area contributed by atoms with E-state index >= 15 is 0 Å². The van der Waals surface area contributed by atoms with Crippen LogP contribution in [0.5, 0.6) is 0 Å². The first-order valence-electron chi connectivity index (χ1n) is 8.04. The molecule has 0 radical (unpaired) electrons. The van der Waals surface area contributed by atoms with Crippen LogP contribution in [0.1, 0.15) is 65.7 Å². The number of ether oxygens (including phenoxy) is 1. The van der Waals surface area contributed by atoms with Gasteiger partial charge in [0.25, 0.3) is 0 Å². The van der Waals surface area contributed by atoms with Gasteiger partial charge in [0, 0.05) is 13.2 Å². The second kappa shape index (κ2) is 8.92. The summed E-state index contributed by atoms with van der Waals surface area (Å²) in [6, 6.07) is 0.540. The van der Waals surface area contributed by atoms with E-state index < -0.39 is 0 Å². The largest absolute Gasteiger partial charge is 0.380 e. The summed E-state index contributed by atoms with van der Waals surface area (Å²) in [4.78, 5) is 0. The molecule has 1 N–H and O–H groups in total. The van der Waals surface area contributed by atoms with E-state index in [2.05, 4.69) is 26.1 Å². The van der Waals surface area contributed by atoms with Gasteiger partial charge >= 0.3 is 0 Å². The van der Waals surface area contributed by atoms with Gasteiger partial charge in [0.1, 0.15) is 0 Å². The molecule has 1 aliphatic carbocycles. The Morgan fingerprint density at radius 1 is 1.06 bits per heavy atom. The maximum atomic E-state index is 5.93. The molecule has 1 fully saturated rings. The highest BCUT2D eigenvalue weighted by molar-refractivity contribution is 4.88. The van der Waals surface area contributed by atoms with E-state index in [1.807, 2.05) is 7.11 Å². The average molecular weight is 255 g/mol. The van der Waals surface area contributed by atoms with Crippen LogP contribution in [0.4, 0.5) is 0 Å². The molecular formula is C16H33NO. The summed E-state index contributed by atoms with van der Waals surface area (Å²) < 4.78 is 5.93. The summed E-state index contributed by atoms with van der Waals surface area (Å²) in [6.07, 6.45) is 9.85. The third-order valence-electron chi connectivity index (χ3n) is 4.74. The van der Waals surface area contributed by atoms with Crippen molar-refractivity contribution in [1.82, 2.24) is 5.32 Å². The molecule has 0 aliphatic heterocycles. The van der Waals surface area contributed by atoms with Gasteiger partial charge in [-0.05, 0) is 31.2 Å². The summed E-state index contributed by atoms with van der Waals surface area (Å²) in [7, 11) is 1.91. The minimum atomic E-state index is 0.412. The summed E-state index contributed by atoms with van der Waals surface area (Å²) in [5.74, 6) is 1.52. The van der Waals surface area contributed by atoms with Crippen molar-refractivity contribution in [2.75, 3.05) is 13.7 Å². The van der Waals surface area contributed by atoms with Crippen molar-refractivity contribution in [2.24, 2.45) is 11.8 Å². The zero-order chi connectivity index (χ0) is 13.4. The zero-order valence-electron chi connectivity index (χ0n) is 12.9. The minimum absolute atomic E-state index is 0.412. The molecule has 0 aromatic heterocycles. The summed E-state index contributed by atoms with van der Waals surface area (Å²) in [5.41, 5.74) is 0. The predicted molar refractivity (Wildman–Crippen MR) is 78.9 cm³/mol. The molecule has 1 aliphatic rings. The maximum Gasteiger partial charge on any atom is 0.0755 e. The van der Waals surface area contributed by atoms with Crippen molar-refractivity contribution in [1.29, 1.82) is 0 Å². The topological polar surface area (TPSA) is 21.3 Å². The predicted octanol–water partition coefficient (Wildman–Crippen LogP) is 4.00. The van der Waals surface area contributed by atoms with E-state index in [-0.39, 0.29) is 0 Å². The molecule has 1 saturated carbocycles. The Morgan fingerprint density at radius 3 is 2.11 bits per heavy atom. The summed E-state index contributed by atoms with van der Waals surface area (Å²) in [6.45, 7) is 7.88. The standard InChI is InChI=1S/C16H33NO/c1-5-13(6-2)15(17-7-3)16(18-4)14-11-9-8-10-12-14/h13-17H,5-12H2,1-4H3. The number of hydrogen-bond donors (Lipinski definition) is 1. The molecule has 1 rings (SSSR count). The molecule has 2 atom stereocenters. The van der Waals surface area contributed by atoms with Crippen LogP contribution in [-0.2, 0) is 4.74 Å². The molecule has 0 amide bonds. The molecule has 0 bridgehead atoms. The van der Waals surface area contributed by atoms with E-state index in [4.69, 9.17) is 4.74 Å². The van der Waals surface area contributed by atoms with E-state index in [0.717, 1.165) is 18.4 Å². The van der Waals surface area contributed by atoms with Crippen molar-refractivity contribution in [2.45, 2.75) is 77.9 Å². The van der Waals surface area contributed by atoms with Gasteiger partial charge < -0.3 is 10.1 Å². The number of methoxy groups -OCH3 is 1. The van der Waals surface area contributed by atoms with Crippen molar-refractivity contribution in [3.63, 3.8) is 0 Å². The van der Waals surface area contributed by atoms with Crippen LogP contribution in [-0.4, -0.2) is 25.8 Å². The fourth-order valence-corrected chi connectivity index (χ4v) is 3.68. The first-order chi connectivity index (χ1) is 8.78. The lowest BCUT2D eigenvalue weighted by molar-refractivity contribution is -0.00859.